The second-order valence-corrected chi connectivity index (χ2v) is 4.71. The van der Waals surface area contributed by atoms with Gasteiger partial charge in [-0.15, -0.1) is 6.42 Å². The fraction of sp³-hybridized carbons (Fsp3) is 0.333. The van der Waals surface area contributed by atoms with Gasteiger partial charge in [-0.05, 0) is 44.2 Å². The number of hydrogen-bond donors (Lipinski definition) is 1. The van der Waals surface area contributed by atoms with Crippen molar-refractivity contribution in [2.24, 2.45) is 0 Å². The van der Waals surface area contributed by atoms with Crippen LogP contribution in [0.2, 0.25) is 0 Å². The molecule has 0 aliphatic heterocycles. The first-order chi connectivity index (χ1) is 7.67. The molecule has 0 aliphatic carbocycles. The SMILES string of the molecule is C#CCNc1ccc(SN(C)C)cc1OC. The second kappa shape index (κ2) is 6.31. The van der Waals surface area contributed by atoms with E-state index in [9.17, 15) is 0 Å². The number of hydrogen-bond acceptors (Lipinski definition) is 4. The van der Waals surface area contributed by atoms with Gasteiger partial charge in [0.1, 0.15) is 5.75 Å². The Kier molecular flexibility index (Phi) is 5.03. The molecular weight excluding hydrogens is 220 g/mol. The lowest BCUT2D eigenvalue weighted by Gasteiger charge is -2.13. The normalized spacial score (nSPS) is 9.94. The van der Waals surface area contributed by atoms with E-state index in [-0.39, 0.29) is 0 Å². The Hall–Kier alpha value is -1.31. The molecule has 0 atom stereocenters. The quantitative estimate of drug-likeness (QED) is 0.626. The zero-order chi connectivity index (χ0) is 12.0. The van der Waals surface area contributed by atoms with Gasteiger partial charge in [0.05, 0.1) is 19.3 Å². The molecule has 16 heavy (non-hydrogen) atoms. The minimum absolute atomic E-state index is 0.497. The summed E-state index contributed by atoms with van der Waals surface area (Å²) < 4.78 is 7.33. The van der Waals surface area contributed by atoms with Gasteiger partial charge in [0.25, 0.3) is 0 Å². The summed E-state index contributed by atoms with van der Waals surface area (Å²) in [5, 5.41) is 3.11. The summed E-state index contributed by atoms with van der Waals surface area (Å²) in [7, 11) is 5.66. The van der Waals surface area contributed by atoms with Crippen molar-refractivity contribution in [1.29, 1.82) is 0 Å². The van der Waals surface area contributed by atoms with Crippen LogP contribution in [0.5, 0.6) is 5.75 Å². The molecule has 4 heteroatoms. The molecule has 0 amide bonds. The molecule has 1 aromatic carbocycles. The maximum absolute atomic E-state index is 5.30. The second-order valence-electron chi connectivity index (χ2n) is 3.32. The van der Waals surface area contributed by atoms with Crippen molar-refractivity contribution in [1.82, 2.24) is 4.31 Å². The Balaban J connectivity index is 2.84. The Labute approximate surface area is 101 Å². The van der Waals surface area contributed by atoms with Crippen molar-refractivity contribution in [2.75, 3.05) is 33.1 Å². The summed E-state index contributed by atoms with van der Waals surface area (Å²) in [5.74, 6) is 3.34. The molecule has 0 aromatic heterocycles. The molecule has 0 aliphatic rings. The van der Waals surface area contributed by atoms with Gasteiger partial charge < -0.3 is 10.1 Å². The Morgan fingerprint density at radius 1 is 1.50 bits per heavy atom. The number of terminal acetylenes is 1. The molecule has 0 fully saturated rings. The molecule has 0 bridgehead atoms. The van der Waals surface area contributed by atoms with E-state index < -0.39 is 0 Å². The van der Waals surface area contributed by atoms with Crippen molar-refractivity contribution in [3.63, 3.8) is 0 Å². The van der Waals surface area contributed by atoms with Gasteiger partial charge in [-0.2, -0.15) is 0 Å². The smallest absolute Gasteiger partial charge is 0.143 e. The molecule has 0 heterocycles. The lowest BCUT2D eigenvalue weighted by Crippen LogP contribution is -2.02. The van der Waals surface area contributed by atoms with Crippen LogP contribution < -0.4 is 10.1 Å². The number of rotatable bonds is 5. The molecule has 0 unspecified atom stereocenters. The van der Waals surface area contributed by atoms with Gasteiger partial charge in [0.15, 0.2) is 0 Å². The standard InChI is InChI=1S/C12H16N2OS/c1-5-8-13-11-7-6-10(16-14(2)3)9-12(11)15-4/h1,6-7,9,13H,8H2,2-4H3. The highest BCUT2D eigenvalue weighted by Gasteiger charge is 2.04. The van der Waals surface area contributed by atoms with Crippen LogP contribution in [-0.2, 0) is 0 Å². The lowest BCUT2D eigenvalue weighted by atomic mass is 10.3. The van der Waals surface area contributed by atoms with Crippen LogP contribution >= 0.6 is 11.9 Å². The Bertz CT molecular complexity index is 385. The number of methoxy groups -OCH3 is 1. The highest BCUT2D eigenvalue weighted by molar-refractivity contribution is 7.97. The van der Waals surface area contributed by atoms with Crippen molar-refractivity contribution in [2.45, 2.75) is 4.90 Å². The van der Waals surface area contributed by atoms with E-state index in [2.05, 4.69) is 11.2 Å². The van der Waals surface area contributed by atoms with Gasteiger partial charge in [-0.1, -0.05) is 5.92 Å². The topological polar surface area (TPSA) is 24.5 Å². The van der Waals surface area contributed by atoms with Crippen LogP contribution in [0, 0.1) is 12.3 Å². The molecule has 0 radical (unpaired) electrons. The summed E-state index contributed by atoms with van der Waals surface area (Å²) in [4.78, 5) is 1.13. The molecule has 86 valence electrons. The van der Waals surface area contributed by atoms with Gasteiger partial charge in [0, 0.05) is 4.90 Å². The number of benzene rings is 1. The number of ether oxygens (including phenoxy) is 1. The van der Waals surface area contributed by atoms with E-state index in [0.717, 1.165) is 16.3 Å². The highest BCUT2D eigenvalue weighted by Crippen LogP contribution is 2.30. The highest BCUT2D eigenvalue weighted by atomic mass is 32.2. The van der Waals surface area contributed by atoms with E-state index in [1.165, 1.54) is 0 Å². The summed E-state index contributed by atoms with van der Waals surface area (Å²) in [6.45, 7) is 0.497. The molecule has 3 nitrogen and oxygen atoms in total. The van der Waals surface area contributed by atoms with Crippen molar-refractivity contribution < 1.29 is 4.74 Å². The molecule has 1 aromatic rings. The van der Waals surface area contributed by atoms with Crippen LogP contribution in [-0.4, -0.2) is 32.1 Å². The van der Waals surface area contributed by atoms with Crippen LogP contribution in [0.1, 0.15) is 0 Å². The molecule has 0 saturated heterocycles. The number of nitrogens with one attached hydrogen (secondary N) is 1. The van der Waals surface area contributed by atoms with Gasteiger partial charge in [-0.3, -0.25) is 4.31 Å². The van der Waals surface area contributed by atoms with E-state index in [4.69, 9.17) is 11.2 Å². The summed E-state index contributed by atoms with van der Waals surface area (Å²) in [6.07, 6.45) is 5.20. The van der Waals surface area contributed by atoms with Crippen LogP contribution in [0.4, 0.5) is 5.69 Å². The number of nitrogens with zero attached hydrogens (tertiary/aromatic N) is 1. The first-order valence-electron chi connectivity index (χ1n) is 4.88. The summed E-state index contributed by atoms with van der Waals surface area (Å²) in [6, 6.07) is 6.00. The lowest BCUT2D eigenvalue weighted by molar-refractivity contribution is 0.415. The molecule has 1 rings (SSSR count). The van der Waals surface area contributed by atoms with Gasteiger partial charge in [-0.25, -0.2) is 0 Å². The Morgan fingerprint density at radius 2 is 2.25 bits per heavy atom. The van der Waals surface area contributed by atoms with Crippen LogP contribution in [0.3, 0.4) is 0 Å². The van der Waals surface area contributed by atoms with Crippen molar-refractivity contribution >= 4 is 17.6 Å². The minimum Gasteiger partial charge on any atom is -0.495 e. The largest absolute Gasteiger partial charge is 0.495 e. The first kappa shape index (κ1) is 12.8. The first-order valence-corrected chi connectivity index (χ1v) is 5.65. The minimum atomic E-state index is 0.497. The molecular formula is C12H16N2OS. The maximum Gasteiger partial charge on any atom is 0.143 e. The van der Waals surface area contributed by atoms with Crippen LogP contribution in [0.25, 0.3) is 0 Å². The zero-order valence-electron chi connectivity index (χ0n) is 9.78. The third-order valence-electron chi connectivity index (χ3n) is 1.84. The van der Waals surface area contributed by atoms with E-state index >= 15 is 0 Å². The third-order valence-corrected chi connectivity index (χ3v) is 2.67. The molecule has 0 saturated carbocycles. The Morgan fingerprint density at radius 3 is 2.81 bits per heavy atom. The predicted molar refractivity (Wildman–Crippen MR) is 69.9 cm³/mol. The fourth-order valence-electron chi connectivity index (χ4n) is 1.23. The van der Waals surface area contributed by atoms with Crippen molar-refractivity contribution in [3.05, 3.63) is 18.2 Å². The molecule has 1 N–H and O–H groups in total. The van der Waals surface area contributed by atoms with Crippen LogP contribution in [0.15, 0.2) is 23.1 Å². The van der Waals surface area contributed by atoms with E-state index in [0.29, 0.717) is 6.54 Å². The fourth-order valence-corrected chi connectivity index (χ4v) is 1.94. The average Bonchev–Trinajstić information content (AvgIpc) is 2.26. The van der Waals surface area contributed by atoms with Gasteiger partial charge in [0.2, 0.25) is 0 Å². The van der Waals surface area contributed by atoms with E-state index in [1.54, 1.807) is 19.1 Å². The summed E-state index contributed by atoms with van der Waals surface area (Å²) in [5.41, 5.74) is 0.920. The maximum atomic E-state index is 5.30. The molecule has 0 spiro atoms. The summed E-state index contributed by atoms with van der Waals surface area (Å²) >= 11 is 1.65. The average molecular weight is 236 g/mol. The van der Waals surface area contributed by atoms with Gasteiger partial charge >= 0.3 is 0 Å². The van der Waals surface area contributed by atoms with E-state index in [1.807, 2.05) is 36.6 Å². The monoisotopic (exact) mass is 236 g/mol. The third kappa shape index (κ3) is 3.69. The van der Waals surface area contributed by atoms with Crippen molar-refractivity contribution in [3.8, 4) is 18.1 Å². The predicted octanol–water partition coefficient (Wildman–Crippen LogP) is 2.31. The number of anilines is 1. The zero-order valence-corrected chi connectivity index (χ0v) is 10.6.